The molecule has 0 saturated heterocycles. The maximum Gasteiger partial charge on any atom is 2.00 e. The van der Waals surface area contributed by atoms with E-state index in [2.05, 4.69) is 0 Å². The smallest absolute Gasteiger partial charge is 0.744 e. The second-order valence-corrected chi connectivity index (χ2v) is 9.26. The Kier molecular flexibility index (Phi) is 14.9. The first-order valence-corrected chi connectivity index (χ1v) is 11.8. The monoisotopic (exact) mass is 614 g/mol. The van der Waals surface area contributed by atoms with Crippen molar-refractivity contribution in [3.8, 4) is 0 Å². The average molecular weight is 614 g/mol. The van der Waals surface area contributed by atoms with Crippen molar-refractivity contribution in [2.75, 3.05) is 39.3 Å². The van der Waals surface area contributed by atoms with Crippen molar-refractivity contribution < 1.29 is 92.2 Å². The molecule has 0 unspecified atom stereocenters. The van der Waals surface area contributed by atoms with Gasteiger partial charge in [-0.05, 0) is 12.2 Å². The van der Waals surface area contributed by atoms with Gasteiger partial charge in [0, 0.05) is 13.1 Å². The van der Waals surface area contributed by atoms with Crippen molar-refractivity contribution in [1.82, 2.24) is 9.80 Å². The Morgan fingerprint density at radius 2 is 0.838 bits per heavy atom. The van der Waals surface area contributed by atoms with Crippen LogP contribution in [0.25, 0.3) is 0 Å². The first-order valence-electron chi connectivity index (χ1n) is 9.00. The van der Waals surface area contributed by atoms with Crippen LogP contribution in [-0.2, 0) is 66.1 Å². The molecule has 0 aromatic carbocycles. The number of allylic oxidation sites excluding steroid dienone is 4. The molecular formula is C16H18FeN2O16S2. The molecule has 0 bridgehead atoms. The number of rotatable bonds is 13. The molecule has 4 N–H and O–H groups in total. The maximum atomic E-state index is 11.0. The van der Waals surface area contributed by atoms with Gasteiger partial charge in [0.2, 0.25) is 0 Å². The Balaban J connectivity index is 0. The van der Waals surface area contributed by atoms with Crippen LogP contribution < -0.4 is 0 Å². The van der Waals surface area contributed by atoms with Crippen LogP contribution in [0.2, 0.25) is 0 Å². The summed E-state index contributed by atoms with van der Waals surface area (Å²) in [5.74, 6) is -7.93. The quantitative estimate of drug-likeness (QED) is 0.0870. The Morgan fingerprint density at radius 1 is 0.622 bits per heavy atom. The molecule has 37 heavy (non-hydrogen) atoms. The third-order valence-corrected chi connectivity index (χ3v) is 5.65. The van der Waals surface area contributed by atoms with Gasteiger partial charge in [0.15, 0.2) is 11.6 Å². The molecule has 0 aromatic rings. The van der Waals surface area contributed by atoms with Crippen molar-refractivity contribution in [3.63, 3.8) is 0 Å². The summed E-state index contributed by atoms with van der Waals surface area (Å²) in [4.78, 5) is 62.6. The summed E-state index contributed by atoms with van der Waals surface area (Å²) in [6, 6.07) is 0. The van der Waals surface area contributed by atoms with E-state index in [1.54, 1.807) is 0 Å². The van der Waals surface area contributed by atoms with Gasteiger partial charge < -0.3 is 29.5 Å². The molecule has 18 nitrogen and oxygen atoms in total. The number of hydrogen-bond acceptors (Lipinski definition) is 14. The van der Waals surface area contributed by atoms with E-state index in [4.69, 9.17) is 20.4 Å². The van der Waals surface area contributed by atoms with Crippen molar-refractivity contribution >= 4 is 55.7 Å². The second-order valence-electron chi connectivity index (χ2n) is 6.62. The zero-order chi connectivity index (χ0) is 28.4. The molecule has 0 spiro atoms. The van der Waals surface area contributed by atoms with Crippen LogP contribution in [0.5, 0.6) is 0 Å². The van der Waals surface area contributed by atoms with Gasteiger partial charge in [0.1, 0.15) is 30.0 Å². The third kappa shape index (κ3) is 14.3. The summed E-state index contributed by atoms with van der Waals surface area (Å²) in [5, 5.41) is 34.5. The van der Waals surface area contributed by atoms with E-state index in [1.165, 1.54) is 0 Å². The number of ketones is 2. The first-order chi connectivity index (χ1) is 16.2. The molecule has 0 amide bonds. The minimum Gasteiger partial charge on any atom is -0.744 e. The Bertz CT molecular complexity index is 1080. The molecule has 0 radical (unpaired) electrons. The van der Waals surface area contributed by atoms with E-state index >= 15 is 0 Å². The molecule has 208 valence electrons. The zero-order valence-corrected chi connectivity index (χ0v) is 20.9. The van der Waals surface area contributed by atoms with Gasteiger partial charge >= 0.3 is 40.9 Å². The molecule has 0 aromatic heterocycles. The molecule has 1 aliphatic carbocycles. The number of aliphatic carboxylic acids is 4. The SMILES string of the molecule is O=C(O)CN(CCN(CC(=O)O)CC(=O)O)CC(=O)O.O=C1C=CC(=O)C(S(=O)(=O)[O-])=C1S(=O)(=O)[O-].[Fe+2]. The molecule has 21 heteroatoms. The largest absolute Gasteiger partial charge is 2.00 e. The van der Waals surface area contributed by atoms with Gasteiger partial charge in [-0.25, -0.2) is 16.8 Å². The van der Waals surface area contributed by atoms with Crippen LogP contribution in [0.15, 0.2) is 22.0 Å². The van der Waals surface area contributed by atoms with Crippen LogP contribution in [0.3, 0.4) is 0 Å². The van der Waals surface area contributed by atoms with Gasteiger partial charge in [0.25, 0.3) is 0 Å². The van der Waals surface area contributed by atoms with Crippen LogP contribution in [0.1, 0.15) is 0 Å². The molecule has 0 fully saturated rings. The van der Waals surface area contributed by atoms with E-state index < -0.39 is 91.7 Å². The summed E-state index contributed by atoms with van der Waals surface area (Å²) >= 11 is 0. The zero-order valence-electron chi connectivity index (χ0n) is 18.1. The Hall–Kier alpha value is -3.04. The third-order valence-electron chi connectivity index (χ3n) is 3.71. The van der Waals surface area contributed by atoms with Crippen LogP contribution >= 0.6 is 0 Å². The normalized spacial score (nSPS) is 13.6. The van der Waals surface area contributed by atoms with Gasteiger partial charge in [0.05, 0.1) is 26.2 Å². The Morgan fingerprint density at radius 3 is 1.00 bits per heavy atom. The predicted molar refractivity (Wildman–Crippen MR) is 109 cm³/mol. The molecule has 0 atom stereocenters. The van der Waals surface area contributed by atoms with Crippen LogP contribution in [-0.4, -0.2) is 131 Å². The fourth-order valence-electron chi connectivity index (χ4n) is 2.48. The minimum atomic E-state index is -5.51. The van der Waals surface area contributed by atoms with Crippen LogP contribution in [0, 0.1) is 0 Å². The Labute approximate surface area is 218 Å². The fraction of sp³-hybridized carbons (Fsp3) is 0.375. The number of carboxylic acid groups (broad SMARTS) is 4. The van der Waals surface area contributed by atoms with Crippen molar-refractivity contribution in [2.24, 2.45) is 0 Å². The van der Waals surface area contributed by atoms with Crippen molar-refractivity contribution in [3.05, 3.63) is 22.0 Å². The summed E-state index contributed by atoms with van der Waals surface area (Å²) in [6.07, 6.45) is 0.809. The fourth-order valence-corrected chi connectivity index (χ4v) is 4.37. The summed E-state index contributed by atoms with van der Waals surface area (Å²) < 4.78 is 63.5. The maximum absolute atomic E-state index is 11.0. The molecule has 0 saturated carbocycles. The van der Waals surface area contributed by atoms with E-state index in [-0.39, 0.29) is 30.2 Å². The summed E-state index contributed by atoms with van der Waals surface area (Å²) in [6.45, 7) is -2.25. The second kappa shape index (κ2) is 15.3. The molecule has 0 aliphatic heterocycles. The van der Waals surface area contributed by atoms with Gasteiger partial charge in [-0.15, -0.1) is 0 Å². The minimum absolute atomic E-state index is 0. The van der Waals surface area contributed by atoms with E-state index in [0.717, 1.165) is 9.80 Å². The molecule has 1 aliphatic rings. The van der Waals surface area contributed by atoms with Gasteiger partial charge in [-0.3, -0.25) is 38.6 Å². The number of carbonyl (C=O) groups is 6. The molecule has 1 rings (SSSR count). The summed E-state index contributed by atoms with van der Waals surface area (Å²) in [5.41, 5.74) is 0. The molecular weight excluding hydrogens is 596 g/mol. The first kappa shape index (κ1) is 36.1. The van der Waals surface area contributed by atoms with E-state index in [0.29, 0.717) is 12.2 Å². The number of carbonyl (C=O) groups excluding carboxylic acids is 2. The van der Waals surface area contributed by atoms with Crippen LogP contribution in [0.4, 0.5) is 0 Å². The topological polar surface area (TPSA) is 304 Å². The van der Waals surface area contributed by atoms with Gasteiger partial charge in [-0.1, -0.05) is 0 Å². The number of nitrogens with zero attached hydrogens (tertiary/aromatic N) is 2. The van der Waals surface area contributed by atoms with Crippen molar-refractivity contribution in [2.45, 2.75) is 0 Å². The standard InChI is InChI=1S/C10H16N2O8.C6H4O8S2.Fe/c13-7(14)3-11(4-8(15)16)1-2-12(5-9(17)18)6-10(19)20;7-3-1-2-4(8)6(16(12,13)14)5(3)15(9,10)11;/h1-6H2,(H,13,14)(H,15,16)(H,17,18)(H,19,20);1-2H,(H,9,10,11)(H,12,13,14);/q;;+2/p-2. The predicted octanol–water partition coefficient (Wildman–Crippen LogP) is -4.08. The molecule has 0 heterocycles. The van der Waals surface area contributed by atoms with Crippen molar-refractivity contribution in [1.29, 1.82) is 0 Å². The summed E-state index contributed by atoms with van der Waals surface area (Å²) in [7, 11) is -11.0. The average Bonchev–Trinajstić information content (AvgIpc) is 2.64. The van der Waals surface area contributed by atoms with E-state index in [9.17, 15) is 54.7 Å². The van der Waals surface area contributed by atoms with E-state index in [1.807, 2.05) is 0 Å². The van der Waals surface area contributed by atoms with Gasteiger partial charge in [-0.2, -0.15) is 0 Å². The number of carboxylic acids is 4. The number of hydrogen-bond donors (Lipinski definition) is 4.